The van der Waals surface area contributed by atoms with Crippen LogP contribution in [0.4, 0.5) is 0 Å². The second kappa shape index (κ2) is 10.6. The molecule has 266 valence electrons. The van der Waals surface area contributed by atoms with Crippen LogP contribution in [-0.4, -0.2) is 26.2 Å². The molecule has 2 nitrogen and oxygen atoms in total. The third-order valence-corrected chi connectivity index (χ3v) is 19.1. The first-order valence-electron chi connectivity index (χ1n) is 21.4. The first kappa shape index (κ1) is 30.5. The summed E-state index contributed by atoms with van der Waals surface area (Å²) in [6, 6.07) is 38.7. The molecule has 0 amide bonds. The summed E-state index contributed by atoms with van der Waals surface area (Å²) in [4.78, 5) is 0. The van der Waals surface area contributed by atoms with Crippen molar-refractivity contribution in [2.75, 3.05) is 0 Å². The van der Waals surface area contributed by atoms with Crippen molar-refractivity contribution in [1.82, 2.24) is 4.57 Å². The van der Waals surface area contributed by atoms with Crippen LogP contribution in [0.15, 0.2) is 97.1 Å². The van der Waals surface area contributed by atoms with Gasteiger partial charge in [-0.05, 0) is 113 Å². The Balaban J connectivity index is 0.977. The Labute approximate surface area is 325 Å². The van der Waals surface area contributed by atoms with Crippen molar-refractivity contribution in [3.05, 3.63) is 108 Å². The first-order chi connectivity index (χ1) is 26.5. The molecule has 0 atom stereocenters. The van der Waals surface area contributed by atoms with Crippen LogP contribution >= 0.6 is 0 Å². The van der Waals surface area contributed by atoms with Gasteiger partial charge in [0.15, 0.2) is 0 Å². The van der Waals surface area contributed by atoms with Crippen molar-refractivity contribution in [3.63, 3.8) is 0 Å². The van der Waals surface area contributed by atoms with E-state index in [-0.39, 0.29) is 21.7 Å². The molecule has 10 aliphatic rings. The van der Waals surface area contributed by atoms with Gasteiger partial charge >= 0.3 is 214 Å². The van der Waals surface area contributed by atoms with E-state index < -0.39 is 0 Å². The molecule has 8 fully saturated rings. The Hall–Kier alpha value is -3.72. The molecule has 0 unspecified atom stereocenters. The number of aromatic nitrogens is 1. The van der Waals surface area contributed by atoms with E-state index in [2.05, 4.69) is 102 Å². The van der Waals surface area contributed by atoms with Gasteiger partial charge in [0.2, 0.25) is 0 Å². The second-order valence-electron chi connectivity index (χ2n) is 19.8. The summed E-state index contributed by atoms with van der Waals surface area (Å²) in [6.07, 6.45) is 17.5. The molecule has 5 aromatic carbocycles. The Morgan fingerprint density at radius 1 is 0.519 bits per heavy atom. The van der Waals surface area contributed by atoms with E-state index in [1.54, 1.807) is 11.1 Å². The fourth-order valence-electron chi connectivity index (χ4n) is 15.4. The average Bonchev–Trinajstić information content (AvgIpc) is 3.50. The zero-order valence-electron chi connectivity index (χ0n) is 31.0. The first-order valence-corrected chi connectivity index (χ1v) is 23.1. The molecule has 8 saturated carbocycles. The van der Waals surface area contributed by atoms with Gasteiger partial charge in [0, 0.05) is 0 Å². The molecule has 8 bridgehead atoms. The SMILES string of the molecule is c1ccc2c(c1)[Se]c1cccc3c1B2c1cc(-n2c4ccc(C56CC7CC(CC(C7)C5)C6)cc4c4cc(C56CC7CC(CC(C7)C5)C6)ccc42)ccc1O3. The maximum atomic E-state index is 6.75. The molecule has 2 aliphatic heterocycles. The Morgan fingerprint density at radius 3 is 1.67 bits per heavy atom. The van der Waals surface area contributed by atoms with Gasteiger partial charge in [-0.25, -0.2) is 0 Å². The molecule has 8 aliphatic carbocycles. The fraction of sp³-hybridized carbons (Fsp3) is 0.400. The summed E-state index contributed by atoms with van der Waals surface area (Å²) in [6.45, 7) is 0.199. The van der Waals surface area contributed by atoms with Crippen molar-refractivity contribution < 1.29 is 4.74 Å². The molecular formula is C50H46BNOSe. The topological polar surface area (TPSA) is 14.2 Å². The fourth-order valence-corrected chi connectivity index (χ4v) is 17.8. The van der Waals surface area contributed by atoms with Crippen LogP contribution in [0, 0.1) is 35.5 Å². The summed E-state index contributed by atoms with van der Waals surface area (Å²) in [7, 11) is 0. The monoisotopic (exact) mass is 767 g/mol. The molecule has 1 aromatic heterocycles. The molecule has 0 saturated heterocycles. The molecule has 16 rings (SSSR count). The summed E-state index contributed by atoms with van der Waals surface area (Å²) in [5.74, 6) is 7.75. The van der Waals surface area contributed by atoms with Crippen molar-refractivity contribution in [2.24, 2.45) is 35.5 Å². The van der Waals surface area contributed by atoms with Crippen LogP contribution < -0.4 is 30.0 Å². The van der Waals surface area contributed by atoms with Crippen LogP contribution in [0.2, 0.25) is 0 Å². The molecular weight excluding hydrogens is 720 g/mol. The molecule has 4 heteroatoms. The average molecular weight is 767 g/mol. The van der Waals surface area contributed by atoms with E-state index in [1.165, 1.54) is 130 Å². The van der Waals surface area contributed by atoms with Crippen LogP contribution in [0.25, 0.3) is 27.5 Å². The number of rotatable bonds is 3. The van der Waals surface area contributed by atoms with Gasteiger partial charge < -0.3 is 0 Å². The predicted octanol–water partition coefficient (Wildman–Crippen LogP) is 8.31. The van der Waals surface area contributed by atoms with Crippen LogP contribution in [0.5, 0.6) is 11.5 Å². The van der Waals surface area contributed by atoms with Crippen LogP contribution in [0.3, 0.4) is 0 Å². The maximum absolute atomic E-state index is 6.75. The number of ether oxygens (including phenoxy) is 1. The van der Waals surface area contributed by atoms with Gasteiger partial charge in [-0.1, -0.05) is 0 Å². The van der Waals surface area contributed by atoms with Crippen molar-refractivity contribution in [1.29, 1.82) is 0 Å². The summed E-state index contributed by atoms with van der Waals surface area (Å²) >= 11 is 0.284. The van der Waals surface area contributed by atoms with Gasteiger partial charge in [0.05, 0.1) is 0 Å². The van der Waals surface area contributed by atoms with Crippen molar-refractivity contribution in [2.45, 2.75) is 87.9 Å². The number of hydrogen-bond donors (Lipinski definition) is 0. The van der Waals surface area contributed by atoms with Gasteiger partial charge in [-0.2, -0.15) is 0 Å². The number of fused-ring (bicyclic) bond motifs is 7. The molecule has 0 N–H and O–H groups in total. The minimum absolute atomic E-state index is 0.199. The van der Waals surface area contributed by atoms with E-state index in [4.69, 9.17) is 4.74 Å². The van der Waals surface area contributed by atoms with E-state index >= 15 is 0 Å². The Bertz CT molecular complexity index is 2430. The number of benzene rings is 5. The Morgan fingerprint density at radius 2 is 1.07 bits per heavy atom. The zero-order chi connectivity index (χ0) is 34.9. The third-order valence-electron chi connectivity index (χ3n) is 16.6. The van der Waals surface area contributed by atoms with E-state index in [1.807, 2.05) is 0 Å². The molecule has 54 heavy (non-hydrogen) atoms. The van der Waals surface area contributed by atoms with E-state index in [9.17, 15) is 0 Å². The van der Waals surface area contributed by atoms with Gasteiger partial charge in [0.1, 0.15) is 0 Å². The molecule has 0 spiro atoms. The zero-order valence-corrected chi connectivity index (χ0v) is 32.7. The quantitative estimate of drug-likeness (QED) is 0.165. The Kier molecular flexibility index (Phi) is 5.97. The predicted molar refractivity (Wildman–Crippen MR) is 223 cm³/mol. The van der Waals surface area contributed by atoms with Gasteiger partial charge in [-0.3, -0.25) is 0 Å². The molecule has 3 heterocycles. The van der Waals surface area contributed by atoms with Gasteiger partial charge in [0.25, 0.3) is 0 Å². The van der Waals surface area contributed by atoms with E-state index in [0.717, 1.165) is 47.0 Å². The van der Waals surface area contributed by atoms with Crippen molar-refractivity contribution >= 4 is 68.8 Å². The normalized spacial score (nSPS) is 33.2. The summed E-state index contributed by atoms with van der Waals surface area (Å²) in [5.41, 5.74) is 12.2. The standard InChI is InChI=1S/C50H46BNOSe/c1-2-6-46-40(4-1)51-41-22-37(10-13-44(41)53-45-5-3-7-47(54-46)48(45)51)52-42-11-8-35(49-23-29-14-30(24-49)16-31(15-29)25-49)20-38(42)39-21-36(9-12-43(39)52)50-26-32-17-33(27-50)19-34(18-32)28-50/h1-13,20-22,29-34H,14-19,23-28H2. The van der Waals surface area contributed by atoms with Crippen LogP contribution in [-0.2, 0) is 10.8 Å². The van der Waals surface area contributed by atoms with Crippen LogP contribution in [0.1, 0.15) is 88.2 Å². The van der Waals surface area contributed by atoms with Gasteiger partial charge in [-0.15, -0.1) is 0 Å². The molecule has 0 radical (unpaired) electrons. The number of nitrogens with zero attached hydrogens (tertiary/aromatic N) is 1. The van der Waals surface area contributed by atoms with Crippen molar-refractivity contribution in [3.8, 4) is 17.2 Å². The van der Waals surface area contributed by atoms with E-state index in [0.29, 0.717) is 10.8 Å². The summed E-state index contributed by atoms with van der Waals surface area (Å²) < 4.78 is 12.3. The second-order valence-corrected chi connectivity index (χ2v) is 22.0. The number of hydrogen-bond acceptors (Lipinski definition) is 1. The minimum atomic E-state index is 0.199. The molecule has 6 aromatic rings. The third kappa shape index (κ3) is 4.10. The summed E-state index contributed by atoms with van der Waals surface area (Å²) in [5, 5.41) is 2.97.